The van der Waals surface area contributed by atoms with Crippen molar-refractivity contribution in [3.63, 3.8) is 0 Å². The number of aliphatic hydroxyl groups is 1. The first-order valence-corrected chi connectivity index (χ1v) is 9.48. The fraction of sp³-hybridized carbons (Fsp3) is 0.250. The normalized spacial score (nSPS) is 22.0. The quantitative estimate of drug-likeness (QED) is 0.759. The van der Waals surface area contributed by atoms with Gasteiger partial charge in [-0.2, -0.15) is 10.5 Å². The van der Waals surface area contributed by atoms with E-state index in [1.54, 1.807) is 60.7 Å². The second-order valence-corrected chi connectivity index (χ2v) is 7.12. The van der Waals surface area contributed by atoms with E-state index in [4.69, 9.17) is 9.47 Å². The van der Waals surface area contributed by atoms with Crippen molar-refractivity contribution in [2.24, 2.45) is 11.3 Å². The number of methoxy groups -OCH3 is 2. The summed E-state index contributed by atoms with van der Waals surface area (Å²) in [5.74, 6) is -6.07. The first-order chi connectivity index (χ1) is 15.0. The third kappa shape index (κ3) is 3.41. The Kier molecular flexibility index (Phi) is 6.08. The largest absolute Gasteiger partial charge is 0.511 e. The number of carbonyl (C=O) groups excluding carboxylic acids is 2. The summed E-state index contributed by atoms with van der Waals surface area (Å²) in [6.07, 6.45) is 0. The third-order valence-electron chi connectivity index (χ3n) is 5.66. The molecule has 0 spiro atoms. The SMILES string of the molecule is COC(=O)C1=C(O)C(C(=O)OC)C(c2ccccc2)C(C#N)(C#N)C1c1ccccc1. The van der Waals surface area contributed by atoms with Crippen molar-refractivity contribution in [1.82, 2.24) is 0 Å². The third-order valence-corrected chi connectivity index (χ3v) is 5.66. The van der Waals surface area contributed by atoms with Gasteiger partial charge in [0.25, 0.3) is 0 Å². The summed E-state index contributed by atoms with van der Waals surface area (Å²) in [7, 11) is 2.26. The molecule has 0 heterocycles. The van der Waals surface area contributed by atoms with Gasteiger partial charge < -0.3 is 14.6 Å². The number of aliphatic hydroxyl groups excluding tert-OH is 1. The number of rotatable bonds is 4. The van der Waals surface area contributed by atoms with Crippen molar-refractivity contribution in [2.75, 3.05) is 14.2 Å². The van der Waals surface area contributed by atoms with Crippen LogP contribution in [0.2, 0.25) is 0 Å². The summed E-state index contributed by atoms with van der Waals surface area (Å²) in [5, 5.41) is 31.9. The standard InChI is InChI=1S/C24H20N2O5/c1-30-22(28)17-19(15-9-5-3-6-10-15)24(13-25,14-26)20(16-11-7-4-8-12-16)18(21(17)27)23(29)31-2/h3-12,17,19-20,27H,1-2H3. The number of nitriles is 2. The Morgan fingerprint density at radius 2 is 1.42 bits per heavy atom. The zero-order valence-electron chi connectivity index (χ0n) is 17.0. The Balaban J connectivity index is 2.47. The number of esters is 2. The first-order valence-electron chi connectivity index (χ1n) is 9.48. The van der Waals surface area contributed by atoms with E-state index < -0.39 is 40.9 Å². The van der Waals surface area contributed by atoms with Crippen LogP contribution in [0.4, 0.5) is 0 Å². The van der Waals surface area contributed by atoms with Gasteiger partial charge >= 0.3 is 11.9 Å². The average Bonchev–Trinajstić information content (AvgIpc) is 2.83. The van der Waals surface area contributed by atoms with Crippen LogP contribution >= 0.6 is 0 Å². The highest BCUT2D eigenvalue weighted by Gasteiger charge is 2.61. The fourth-order valence-corrected chi connectivity index (χ4v) is 4.33. The van der Waals surface area contributed by atoms with Crippen molar-refractivity contribution in [3.05, 3.63) is 83.1 Å². The minimum atomic E-state index is -1.92. The van der Waals surface area contributed by atoms with Crippen LogP contribution in [0.5, 0.6) is 0 Å². The summed E-state index contributed by atoms with van der Waals surface area (Å²) in [4.78, 5) is 25.6. The van der Waals surface area contributed by atoms with Crippen LogP contribution in [0.3, 0.4) is 0 Å². The highest BCUT2D eigenvalue weighted by Crippen LogP contribution is 2.58. The Morgan fingerprint density at radius 1 is 0.903 bits per heavy atom. The van der Waals surface area contributed by atoms with E-state index in [-0.39, 0.29) is 5.57 Å². The molecule has 2 aromatic carbocycles. The topological polar surface area (TPSA) is 120 Å². The van der Waals surface area contributed by atoms with E-state index in [2.05, 4.69) is 12.1 Å². The second-order valence-electron chi connectivity index (χ2n) is 7.12. The van der Waals surface area contributed by atoms with Gasteiger partial charge in [0.1, 0.15) is 11.7 Å². The van der Waals surface area contributed by atoms with Crippen LogP contribution in [-0.4, -0.2) is 31.3 Å². The lowest BCUT2D eigenvalue weighted by Crippen LogP contribution is -2.47. The molecule has 0 aromatic heterocycles. The van der Waals surface area contributed by atoms with Gasteiger partial charge in [0.05, 0.1) is 37.8 Å². The fourth-order valence-electron chi connectivity index (χ4n) is 4.33. The van der Waals surface area contributed by atoms with Crippen molar-refractivity contribution in [3.8, 4) is 12.1 Å². The summed E-state index contributed by atoms with van der Waals surface area (Å²) in [5.41, 5.74) is -1.28. The van der Waals surface area contributed by atoms with E-state index in [0.29, 0.717) is 11.1 Å². The molecule has 1 N–H and O–H groups in total. The van der Waals surface area contributed by atoms with E-state index in [1.807, 2.05) is 0 Å². The number of nitrogens with zero attached hydrogens (tertiary/aromatic N) is 2. The molecule has 0 saturated carbocycles. The van der Waals surface area contributed by atoms with E-state index in [9.17, 15) is 25.2 Å². The highest BCUT2D eigenvalue weighted by atomic mass is 16.5. The molecule has 1 aliphatic carbocycles. The van der Waals surface area contributed by atoms with Crippen molar-refractivity contribution >= 4 is 11.9 Å². The number of carbonyl (C=O) groups is 2. The zero-order valence-corrected chi connectivity index (χ0v) is 17.0. The van der Waals surface area contributed by atoms with Crippen LogP contribution in [0, 0.1) is 34.0 Å². The van der Waals surface area contributed by atoms with Gasteiger partial charge in [-0.25, -0.2) is 4.79 Å². The van der Waals surface area contributed by atoms with E-state index >= 15 is 0 Å². The molecule has 31 heavy (non-hydrogen) atoms. The Hall–Kier alpha value is -4.10. The van der Waals surface area contributed by atoms with Crippen LogP contribution in [0.15, 0.2) is 72.0 Å². The predicted molar refractivity (Wildman–Crippen MR) is 109 cm³/mol. The van der Waals surface area contributed by atoms with Crippen molar-refractivity contribution in [1.29, 1.82) is 10.5 Å². The summed E-state index contributed by atoms with van der Waals surface area (Å²) in [6.45, 7) is 0. The molecule has 0 fully saturated rings. The predicted octanol–water partition coefficient (Wildman–Crippen LogP) is 3.38. The molecule has 2 aromatic rings. The first kappa shape index (κ1) is 21.6. The summed E-state index contributed by atoms with van der Waals surface area (Å²) >= 11 is 0. The van der Waals surface area contributed by atoms with Crippen LogP contribution < -0.4 is 0 Å². The van der Waals surface area contributed by atoms with Crippen LogP contribution in [-0.2, 0) is 19.1 Å². The zero-order chi connectivity index (χ0) is 22.6. The molecule has 3 rings (SSSR count). The number of hydrogen-bond donors (Lipinski definition) is 1. The molecule has 156 valence electrons. The van der Waals surface area contributed by atoms with Gasteiger partial charge in [0.15, 0.2) is 5.41 Å². The maximum atomic E-state index is 12.8. The molecule has 1 aliphatic rings. The molecule has 7 nitrogen and oxygen atoms in total. The monoisotopic (exact) mass is 416 g/mol. The van der Waals surface area contributed by atoms with Gasteiger partial charge in [-0.15, -0.1) is 0 Å². The molecular formula is C24H20N2O5. The van der Waals surface area contributed by atoms with Gasteiger partial charge in [0, 0.05) is 5.92 Å². The molecule has 3 unspecified atom stereocenters. The average molecular weight is 416 g/mol. The van der Waals surface area contributed by atoms with Gasteiger partial charge in [-0.05, 0) is 11.1 Å². The lowest BCUT2D eigenvalue weighted by Gasteiger charge is -2.44. The van der Waals surface area contributed by atoms with Crippen molar-refractivity contribution < 1.29 is 24.2 Å². The summed E-state index contributed by atoms with van der Waals surface area (Å²) < 4.78 is 9.76. The van der Waals surface area contributed by atoms with E-state index in [0.717, 1.165) is 14.2 Å². The molecule has 7 heteroatoms. The molecule has 0 radical (unpaired) electrons. The Labute approximate surface area is 179 Å². The molecule has 0 bridgehead atoms. The minimum Gasteiger partial charge on any atom is -0.511 e. The van der Waals surface area contributed by atoms with E-state index in [1.165, 1.54) is 0 Å². The number of hydrogen-bond acceptors (Lipinski definition) is 7. The molecule has 0 saturated heterocycles. The number of ether oxygens (including phenoxy) is 2. The highest BCUT2D eigenvalue weighted by molar-refractivity contribution is 5.94. The molecule has 3 atom stereocenters. The lowest BCUT2D eigenvalue weighted by molar-refractivity contribution is -0.147. The van der Waals surface area contributed by atoms with Gasteiger partial charge in [-0.3, -0.25) is 4.79 Å². The van der Waals surface area contributed by atoms with Gasteiger partial charge in [0.2, 0.25) is 0 Å². The van der Waals surface area contributed by atoms with Crippen LogP contribution in [0.25, 0.3) is 0 Å². The lowest BCUT2D eigenvalue weighted by atomic mass is 9.54. The molecule has 0 aliphatic heterocycles. The molecule has 0 amide bonds. The minimum absolute atomic E-state index is 0.306. The Morgan fingerprint density at radius 3 is 1.87 bits per heavy atom. The second kappa shape index (κ2) is 8.73. The number of benzene rings is 2. The van der Waals surface area contributed by atoms with Crippen LogP contribution in [0.1, 0.15) is 23.0 Å². The van der Waals surface area contributed by atoms with Crippen molar-refractivity contribution in [2.45, 2.75) is 11.8 Å². The summed E-state index contributed by atoms with van der Waals surface area (Å²) in [6, 6.07) is 21.1. The molecular weight excluding hydrogens is 396 g/mol. The van der Waals surface area contributed by atoms with Gasteiger partial charge in [-0.1, -0.05) is 60.7 Å². The smallest absolute Gasteiger partial charge is 0.337 e. The maximum Gasteiger partial charge on any atom is 0.337 e. The maximum absolute atomic E-state index is 12.8. The Bertz CT molecular complexity index is 1080.